The molecule has 0 radical (unpaired) electrons. The largest absolute Gasteiger partial charge is 0.277 e. The topological polar surface area (TPSA) is 73.8 Å². The average molecular weight is 278 g/mol. The van der Waals surface area contributed by atoms with Crippen molar-refractivity contribution >= 4 is 17.2 Å². The molecule has 1 unspecified atom stereocenters. The van der Waals surface area contributed by atoms with E-state index in [0.29, 0.717) is 10.8 Å². The summed E-state index contributed by atoms with van der Waals surface area (Å²) >= 11 is 6.11. The molecule has 0 saturated carbocycles. The predicted molar refractivity (Wildman–Crippen MR) is 69.1 cm³/mol. The molecule has 0 amide bonds. The van der Waals surface area contributed by atoms with Gasteiger partial charge in [0.25, 0.3) is 0 Å². The Morgan fingerprint density at radius 1 is 1.26 bits per heavy atom. The highest BCUT2D eigenvalue weighted by Gasteiger charge is 2.20. The second-order valence-corrected chi connectivity index (χ2v) is 4.70. The Hall–Kier alpha value is -2.02. The average Bonchev–Trinajstić information content (AvgIpc) is 3.04. The summed E-state index contributed by atoms with van der Waals surface area (Å²) in [6.45, 7) is 5.85. The summed E-state index contributed by atoms with van der Waals surface area (Å²) in [5, 5.41) is 12.8. The molecule has 3 aromatic heterocycles. The van der Waals surface area contributed by atoms with Crippen molar-refractivity contribution in [2.75, 3.05) is 0 Å². The van der Waals surface area contributed by atoms with Gasteiger partial charge in [0, 0.05) is 5.69 Å². The van der Waals surface area contributed by atoms with Gasteiger partial charge in [-0.25, -0.2) is 14.6 Å². The summed E-state index contributed by atoms with van der Waals surface area (Å²) in [4.78, 5) is 8.19. The molecule has 0 aliphatic carbocycles. The van der Waals surface area contributed by atoms with Crippen molar-refractivity contribution in [2.45, 2.75) is 26.8 Å². The lowest BCUT2D eigenvalue weighted by Gasteiger charge is -2.12. The van der Waals surface area contributed by atoms with Gasteiger partial charge in [0.1, 0.15) is 18.7 Å². The highest BCUT2D eigenvalue weighted by atomic mass is 35.5. The molecule has 3 rings (SSSR count). The number of rotatable bonds is 2. The van der Waals surface area contributed by atoms with Gasteiger partial charge >= 0.3 is 0 Å². The Bertz CT molecular complexity index is 731. The minimum absolute atomic E-state index is 0.0888. The molecule has 98 valence electrons. The van der Waals surface area contributed by atoms with Crippen LogP contribution in [0.25, 0.3) is 5.65 Å². The third-order valence-corrected chi connectivity index (χ3v) is 3.46. The molecule has 0 saturated heterocycles. The smallest absolute Gasteiger partial charge is 0.198 e. The quantitative estimate of drug-likeness (QED) is 0.711. The third kappa shape index (κ3) is 1.77. The number of hydrogen-bond acceptors (Lipinski definition) is 5. The summed E-state index contributed by atoms with van der Waals surface area (Å²) in [5.41, 5.74) is 2.38. The van der Waals surface area contributed by atoms with Crippen LogP contribution in [0, 0.1) is 13.8 Å². The van der Waals surface area contributed by atoms with E-state index >= 15 is 0 Å². The van der Waals surface area contributed by atoms with E-state index in [1.807, 2.05) is 25.2 Å². The molecule has 0 aliphatic heterocycles. The van der Waals surface area contributed by atoms with Crippen LogP contribution in [0.1, 0.15) is 30.2 Å². The van der Waals surface area contributed by atoms with Crippen molar-refractivity contribution in [3.63, 3.8) is 0 Å². The fraction of sp³-hybridized carbons (Fsp3) is 0.364. The molecule has 0 N–H and O–H groups in total. The molecule has 3 aromatic rings. The van der Waals surface area contributed by atoms with E-state index in [4.69, 9.17) is 11.6 Å². The van der Waals surface area contributed by atoms with Crippen LogP contribution < -0.4 is 0 Å². The molecule has 19 heavy (non-hydrogen) atoms. The van der Waals surface area contributed by atoms with E-state index in [1.54, 1.807) is 11.0 Å². The first-order valence-corrected chi connectivity index (χ1v) is 6.19. The maximum Gasteiger partial charge on any atom is 0.198 e. The monoisotopic (exact) mass is 277 g/mol. The highest BCUT2D eigenvalue weighted by Crippen LogP contribution is 2.22. The van der Waals surface area contributed by atoms with Gasteiger partial charge in [0.05, 0.1) is 5.69 Å². The van der Waals surface area contributed by atoms with Crippen molar-refractivity contribution in [3.8, 4) is 0 Å². The lowest BCUT2D eigenvalue weighted by molar-refractivity contribution is 0.528. The molecular weight excluding hydrogens is 266 g/mol. The second-order valence-electron chi connectivity index (χ2n) is 4.34. The van der Waals surface area contributed by atoms with Crippen molar-refractivity contribution in [2.24, 2.45) is 0 Å². The summed E-state index contributed by atoms with van der Waals surface area (Å²) in [5.74, 6) is 0.755. The maximum absolute atomic E-state index is 6.11. The van der Waals surface area contributed by atoms with Crippen LogP contribution in [0.15, 0.2) is 12.7 Å². The van der Waals surface area contributed by atoms with E-state index in [1.165, 1.54) is 6.33 Å². The van der Waals surface area contributed by atoms with Gasteiger partial charge in [-0.15, -0.1) is 10.2 Å². The van der Waals surface area contributed by atoms with Crippen molar-refractivity contribution < 1.29 is 0 Å². The van der Waals surface area contributed by atoms with Crippen molar-refractivity contribution in [1.82, 2.24) is 34.3 Å². The summed E-state index contributed by atoms with van der Waals surface area (Å²) in [6.07, 6.45) is 3.14. The van der Waals surface area contributed by atoms with Crippen molar-refractivity contribution in [1.29, 1.82) is 0 Å². The van der Waals surface area contributed by atoms with Crippen LogP contribution >= 0.6 is 11.6 Å². The Morgan fingerprint density at radius 3 is 2.74 bits per heavy atom. The standard InChI is InChI=1S/C11H12ClN7/c1-6-7(2)19-10(8(3)18-5-13-4-14-18)16-17-11(19)9(12)15-6/h4-5,8H,1-3H3. The zero-order chi connectivity index (χ0) is 13.6. The highest BCUT2D eigenvalue weighted by molar-refractivity contribution is 6.32. The molecule has 0 bridgehead atoms. The number of aryl methyl sites for hydroxylation is 2. The van der Waals surface area contributed by atoms with Gasteiger partial charge in [-0.3, -0.25) is 4.40 Å². The van der Waals surface area contributed by atoms with E-state index in [9.17, 15) is 0 Å². The second kappa shape index (κ2) is 4.27. The van der Waals surface area contributed by atoms with Gasteiger partial charge in [-0.1, -0.05) is 11.6 Å². The minimum atomic E-state index is -0.0888. The Kier molecular flexibility index (Phi) is 2.70. The molecule has 0 aliphatic rings. The zero-order valence-corrected chi connectivity index (χ0v) is 11.5. The maximum atomic E-state index is 6.11. The fourth-order valence-corrected chi connectivity index (χ4v) is 2.26. The van der Waals surface area contributed by atoms with Crippen LogP contribution in [0.3, 0.4) is 0 Å². The first-order valence-electron chi connectivity index (χ1n) is 5.81. The lowest BCUT2D eigenvalue weighted by Crippen LogP contribution is -2.13. The molecule has 0 fully saturated rings. The molecule has 0 spiro atoms. The molecule has 1 atom stereocenters. The normalized spacial score (nSPS) is 13.1. The van der Waals surface area contributed by atoms with Crippen LogP contribution in [0.5, 0.6) is 0 Å². The molecule has 8 heteroatoms. The van der Waals surface area contributed by atoms with Gasteiger partial charge < -0.3 is 0 Å². The van der Waals surface area contributed by atoms with Gasteiger partial charge in [0.2, 0.25) is 0 Å². The van der Waals surface area contributed by atoms with Gasteiger partial charge in [-0.2, -0.15) is 5.10 Å². The fourth-order valence-electron chi connectivity index (χ4n) is 2.01. The number of aromatic nitrogens is 7. The first kappa shape index (κ1) is 12.0. The Balaban J connectivity index is 2.25. The minimum Gasteiger partial charge on any atom is -0.277 e. The molecule has 0 aromatic carbocycles. The molecule has 7 nitrogen and oxygen atoms in total. The summed E-state index contributed by atoms with van der Waals surface area (Å²) < 4.78 is 3.64. The predicted octanol–water partition coefficient (Wildman–Crippen LogP) is 1.60. The first-order chi connectivity index (χ1) is 9.09. The Morgan fingerprint density at radius 2 is 2.05 bits per heavy atom. The van der Waals surface area contributed by atoms with Crippen LogP contribution in [-0.4, -0.2) is 34.3 Å². The van der Waals surface area contributed by atoms with E-state index in [0.717, 1.165) is 17.2 Å². The molecule has 3 heterocycles. The van der Waals surface area contributed by atoms with E-state index in [2.05, 4.69) is 25.3 Å². The van der Waals surface area contributed by atoms with E-state index < -0.39 is 0 Å². The SMILES string of the molecule is Cc1nc(Cl)c2nnc(C(C)n3cncn3)n2c1C. The number of nitrogens with zero attached hydrogens (tertiary/aromatic N) is 7. The summed E-state index contributed by atoms with van der Waals surface area (Å²) in [6, 6.07) is -0.0888. The molecular formula is C11H12ClN7. The summed E-state index contributed by atoms with van der Waals surface area (Å²) in [7, 11) is 0. The zero-order valence-electron chi connectivity index (χ0n) is 10.7. The van der Waals surface area contributed by atoms with E-state index in [-0.39, 0.29) is 6.04 Å². The third-order valence-electron chi connectivity index (χ3n) is 3.20. The van der Waals surface area contributed by atoms with Crippen LogP contribution in [-0.2, 0) is 0 Å². The van der Waals surface area contributed by atoms with Crippen molar-refractivity contribution in [3.05, 3.63) is 35.0 Å². The number of hydrogen-bond donors (Lipinski definition) is 0. The number of fused-ring (bicyclic) bond motifs is 1. The van der Waals surface area contributed by atoms with Crippen LogP contribution in [0.2, 0.25) is 5.15 Å². The number of halogens is 1. The van der Waals surface area contributed by atoms with Gasteiger partial charge in [0.15, 0.2) is 16.6 Å². The lowest BCUT2D eigenvalue weighted by atomic mass is 10.3. The van der Waals surface area contributed by atoms with Crippen LogP contribution in [0.4, 0.5) is 0 Å². The Labute approximate surface area is 114 Å². The van der Waals surface area contributed by atoms with Gasteiger partial charge in [-0.05, 0) is 20.8 Å².